The summed E-state index contributed by atoms with van der Waals surface area (Å²) in [4.78, 5) is 12.5. The molecule has 6 heteroatoms. The third-order valence-electron chi connectivity index (χ3n) is 4.23. The van der Waals surface area contributed by atoms with E-state index >= 15 is 0 Å². The lowest BCUT2D eigenvalue weighted by Crippen LogP contribution is -2.40. The first-order valence-electron chi connectivity index (χ1n) is 8.76. The molecule has 0 saturated carbocycles. The number of carbonyl (C=O) groups excluding carboxylic acids is 1. The zero-order chi connectivity index (χ0) is 19.2. The third-order valence-corrected chi connectivity index (χ3v) is 4.23. The van der Waals surface area contributed by atoms with Crippen LogP contribution in [0.1, 0.15) is 18.1 Å². The van der Waals surface area contributed by atoms with Crippen molar-refractivity contribution in [3.8, 4) is 0 Å². The molecule has 3 rings (SSSR count). The second kappa shape index (κ2) is 8.53. The second-order valence-corrected chi connectivity index (χ2v) is 6.22. The molecule has 1 heterocycles. The van der Waals surface area contributed by atoms with Crippen LogP contribution in [0, 0.1) is 0 Å². The van der Waals surface area contributed by atoms with Crippen LogP contribution >= 0.6 is 0 Å². The normalized spacial score (nSPS) is 13.9. The average Bonchev–Trinajstić information content (AvgIpc) is 2.69. The molecule has 2 aromatic carbocycles. The van der Waals surface area contributed by atoms with E-state index in [1.54, 1.807) is 11.2 Å². The molecule has 0 radical (unpaired) electrons. The van der Waals surface area contributed by atoms with Crippen molar-refractivity contribution in [1.82, 2.24) is 10.4 Å². The van der Waals surface area contributed by atoms with Crippen molar-refractivity contribution in [3.63, 3.8) is 0 Å². The molecule has 4 N–H and O–H groups in total. The molecule has 0 aromatic heterocycles. The number of anilines is 1. The van der Waals surface area contributed by atoms with Gasteiger partial charge in [-0.1, -0.05) is 42.5 Å². The number of allylic oxidation sites excluding steroid dienone is 1. The summed E-state index contributed by atoms with van der Waals surface area (Å²) in [5.74, 6) is -0.0734. The second-order valence-electron chi connectivity index (χ2n) is 6.22. The van der Waals surface area contributed by atoms with Crippen LogP contribution in [0.4, 0.5) is 5.69 Å². The number of Topliss-reactive ketones (excluding diaryl/α,β-unsaturated/α-hetero) is 1. The fraction of sp³-hybridized carbons (Fsp3) is 0.190. The molecule has 0 saturated heterocycles. The van der Waals surface area contributed by atoms with Gasteiger partial charge in [0.1, 0.15) is 0 Å². The molecule has 0 unspecified atom stereocenters. The van der Waals surface area contributed by atoms with Crippen LogP contribution in [-0.4, -0.2) is 34.2 Å². The zero-order valence-corrected chi connectivity index (χ0v) is 15.1. The lowest BCUT2D eigenvalue weighted by Gasteiger charge is -2.32. The Morgan fingerprint density at radius 3 is 2.37 bits per heavy atom. The Bertz CT molecular complexity index is 858. The topological polar surface area (TPSA) is 84.8 Å². The minimum Gasteiger partial charge on any atom is -0.394 e. The standard InChI is InChI=1S/C21H23N3O3/c1-15(27)20-19(22-18-9-7-16(14-26)8-10-18)13-24(11-12-25)23-21(20)17-5-3-2-4-6-17/h2-10,13,22-23,25-26H,11-12,14H2,1H3. The number of hydrogen-bond donors (Lipinski definition) is 4. The minimum absolute atomic E-state index is 0.0199. The lowest BCUT2D eigenvalue weighted by molar-refractivity contribution is -0.113. The number of benzene rings is 2. The predicted molar refractivity (Wildman–Crippen MR) is 105 cm³/mol. The quantitative estimate of drug-likeness (QED) is 0.602. The van der Waals surface area contributed by atoms with E-state index in [1.807, 2.05) is 54.6 Å². The van der Waals surface area contributed by atoms with Crippen molar-refractivity contribution < 1.29 is 15.0 Å². The van der Waals surface area contributed by atoms with Crippen LogP contribution in [0.25, 0.3) is 5.70 Å². The number of aliphatic hydroxyl groups is 2. The number of rotatable bonds is 7. The summed E-state index contributed by atoms with van der Waals surface area (Å²) in [5, 5.41) is 23.6. The van der Waals surface area contributed by atoms with Crippen molar-refractivity contribution in [3.05, 3.63) is 83.2 Å². The molecule has 0 spiro atoms. The fourth-order valence-corrected chi connectivity index (χ4v) is 2.94. The number of aliphatic hydroxyl groups excluding tert-OH is 2. The van der Waals surface area contributed by atoms with Gasteiger partial charge in [-0.2, -0.15) is 0 Å². The fourth-order valence-electron chi connectivity index (χ4n) is 2.94. The maximum Gasteiger partial charge on any atom is 0.164 e. The molecule has 0 atom stereocenters. The molecule has 1 aliphatic rings. The Balaban J connectivity index is 2.02. The summed E-state index contributed by atoms with van der Waals surface area (Å²) in [6.07, 6.45) is 1.78. The van der Waals surface area contributed by atoms with Gasteiger partial charge in [0.25, 0.3) is 0 Å². The van der Waals surface area contributed by atoms with Crippen molar-refractivity contribution >= 4 is 17.2 Å². The van der Waals surface area contributed by atoms with Crippen molar-refractivity contribution in [2.45, 2.75) is 13.5 Å². The number of β-amino-alcohol motifs (C(OH)–C–C–N with tert-alkyl or cyclic N) is 1. The maximum atomic E-state index is 12.5. The Hall–Kier alpha value is -3.09. The molecule has 2 aromatic rings. The molecule has 6 nitrogen and oxygen atoms in total. The molecular formula is C21H23N3O3. The van der Waals surface area contributed by atoms with Gasteiger partial charge in [-0.25, -0.2) is 0 Å². The minimum atomic E-state index is -0.0734. The average molecular weight is 365 g/mol. The first kappa shape index (κ1) is 18.7. The highest BCUT2D eigenvalue weighted by Crippen LogP contribution is 2.28. The van der Waals surface area contributed by atoms with E-state index in [2.05, 4.69) is 10.7 Å². The summed E-state index contributed by atoms with van der Waals surface area (Å²) >= 11 is 0. The number of carbonyl (C=O) groups is 1. The predicted octanol–water partition coefficient (Wildman–Crippen LogP) is 2.25. The maximum absolute atomic E-state index is 12.5. The van der Waals surface area contributed by atoms with Gasteiger partial charge in [0, 0.05) is 17.5 Å². The van der Waals surface area contributed by atoms with E-state index in [0.29, 0.717) is 23.5 Å². The lowest BCUT2D eigenvalue weighted by atomic mass is 9.99. The van der Waals surface area contributed by atoms with Gasteiger partial charge in [0.2, 0.25) is 0 Å². The van der Waals surface area contributed by atoms with Gasteiger partial charge in [-0.3, -0.25) is 15.2 Å². The smallest absolute Gasteiger partial charge is 0.164 e. The van der Waals surface area contributed by atoms with Gasteiger partial charge in [0.05, 0.1) is 36.7 Å². The number of ketones is 1. The van der Waals surface area contributed by atoms with Gasteiger partial charge in [-0.05, 0) is 24.6 Å². The van der Waals surface area contributed by atoms with E-state index in [-0.39, 0.29) is 19.0 Å². The van der Waals surface area contributed by atoms with E-state index in [4.69, 9.17) is 0 Å². The molecule has 0 aliphatic carbocycles. The summed E-state index contributed by atoms with van der Waals surface area (Å²) in [6, 6.07) is 17.0. The zero-order valence-electron chi connectivity index (χ0n) is 15.1. The summed E-state index contributed by atoms with van der Waals surface area (Å²) < 4.78 is 0. The first-order chi connectivity index (χ1) is 13.1. The van der Waals surface area contributed by atoms with Crippen LogP contribution in [0.3, 0.4) is 0 Å². The summed E-state index contributed by atoms with van der Waals surface area (Å²) in [7, 11) is 0. The first-order valence-corrected chi connectivity index (χ1v) is 8.76. The summed E-state index contributed by atoms with van der Waals surface area (Å²) in [6.45, 7) is 1.86. The van der Waals surface area contributed by atoms with E-state index < -0.39 is 0 Å². The largest absolute Gasteiger partial charge is 0.394 e. The highest BCUT2D eigenvalue weighted by molar-refractivity contribution is 6.06. The molecule has 0 amide bonds. The SMILES string of the molecule is CC(=O)C1=C(c2ccccc2)NN(CCO)C=C1Nc1ccc(CO)cc1. The molecule has 0 fully saturated rings. The van der Waals surface area contributed by atoms with Gasteiger partial charge in [-0.15, -0.1) is 0 Å². The van der Waals surface area contributed by atoms with Gasteiger partial charge >= 0.3 is 0 Å². The van der Waals surface area contributed by atoms with E-state index in [0.717, 1.165) is 16.8 Å². The molecule has 140 valence electrons. The van der Waals surface area contributed by atoms with Crippen LogP contribution in [0.15, 0.2) is 72.1 Å². The Morgan fingerprint density at radius 1 is 1.07 bits per heavy atom. The number of hydrazine groups is 1. The molecule has 27 heavy (non-hydrogen) atoms. The number of nitrogens with one attached hydrogen (secondary N) is 2. The Kier molecular flexibility index (Phi) is 5.90. The van der Waals surface area contributed by atoms with E-state index in [9.17, 15) is 15.0 Å². The van der Waals surface area contributed by atoms with Crippen molar-refractivity contribution in [1.29, 1.82) is 0 Å². The van der Waals surface area contributed by atoms with Crippen molar-refractivity contribution in [2.24, 2.45) is 0 Å². The van der Waals surface area contributed by atoms with E-state index in [1.165, 1.54) is 6.92 Å². The van der Waals surface area contributed by atoms with Crippen molar-refractivity contribution in [2.75, 3.05) is 18.5 Å². The highest BCUT2D eigenvalue weighted by atomic mass is 16.3. The Labute approximate surface area is 158 Å². The number of nitrogens with zero attached hydrogens (tertiary/aromatic N) is 1. The molecule has 1 aliphatic heterocycles. The van der Waals surface area contributed by atoms with Gasteiger partial charge < -0.3 is 15.5 Å². The Morgan fingerprint density at radius 2 is 1.78 bits per heavy atom. The van der Waals surface area contributed by atoms with Crippen LogP contribution in [-0.2, 0) is 11.4 Å². The molecule has 0 bridgehead atoms. The van der Waals surface area contributed by atoms with Crippen LogP contribution in [0.2, 0.25) is 0 Å². The van der Waals surface area contributed by atoms with Crippen LogP contribution in [0.5, 0.6) is 0 Å². The van der Waals surface area contributed by atoms with Gasteiger partial charge in [0.15, 0.2) is 5.78 Å². The monoisotopic (exact) mass is 365 g/mol. The third kappa shape index (κ3) is 4.36. The molecular weight excluding hydrogens is 342 g/mol. The van der Waals surface area contributed by atoms with Crippen LogP contribution < -0.4 is 10.7 Å². The summed E-state index contributed by atoms with van der Waals surface area (Å²) in [5.41, 5.74) is 7.59. The number of hydrogen-bond acceptors (Lipinski definition) is 6. The highest BCUT2D eigenvalue weighted by Gasteiger charge is 2.24.